The molecule has 7 heteroatoms. The van der Waals surface area contributed by atoms with Gasteiger partial charge in [-0.2, -0.15) is 8.78 Å². The molecule has 0 bridgehead atoms. The summed E-state index contributed by atoms with van der Waals surface area (Å²) in [7, 11) is 0. The Kier molecular flexibility index (Phi) is 5.55. The maximum atomic E-state index is 12.3. The lowest BCUT2D eigenvalue weighted by Gasteiger charge is -2.18. The number of anilines is 1. The number of ether oxygens (including phenoxy) is 2. The van der Waals surface area contributed by atoms with E-state index in [-0.39, 0.29) is 5.91 Å². The minimum Gasteiger partial charge on any atom is -0.486 e. The second kappa shape index (κ2) is 8.02. The number of rotatable bonds is 5. The number of carbonyl (C=O) groups excluding carboxylic acids is 1. The van der Waals surface area contributed by atoms with E-state index in [1.54, 1.807) is 30.3 Å². The standard InChI is InChI=1S/C18H15F2NO3S/c19-18(20)25-14-5-3-13(4-6-14)21-17(22)8-2-12-1-7-15-16(11-12)24-10-9-23-15/h1-8,11,18H,9-10H2,(H,21,22). The number of hydrogen-bond donors (Lipinski definition) is 1. The van der Waals surface area contributed by atoms with Crippen LogP contribution in [0.4, 0.5) is 14.5 Å². The fraction of sp³-hybridized carbons (Fsp3) is 0.167. The van der Waals surface area contributed by atoms with Crippen molar-refractivity contribution in [2.45, 2.75) is 10.7 Å². The zero-order valence-electron chi connectivity index (χ0n) is 13.1. The third kappa shape index (κ3) is 4.96. The maximum absolute atomic E-state index is 12.3. The van der Waals surface area contributed by atoms with Gasteiger partial charge in [-0.3, -0.25) is 4.79 Å². The van der Waals surface area contributed by atoms with E-state index in [2.05, 4.69) is 5.32 Å². The van der Waals surface area contributed by atoms with Crippen LogP contribution in [-0.4, -0.2) is 24.9 Å². The normalized spacial score (nSPS) is 13.2. The molecule has 0 atom stereocenters. The molecule has 1 amide bonds. The molecule has 130 valence electrons. The highest BCUT2D eigenvalue weighted by atomic mass is 32.2. The molecule has 4 nitrogen and oxygen atoms in total. The van der Waals surface area contributed by atoms with Crippen LogP contribution >= 0.6 is 11.8 Å². The highest BCUT2D eigenvalue weighted by Crippen LogP contribution is 2.31. The summed E-state index contributed by atoms with van der Waals surface area (Å²) < 4.78 is 35.5. The third-order valence-electron chi connectivity index (χ3n) is 3.34. The van der Waals surface area contributed by atoms with Gasteiger partial charge in [0.1, 0.15) is 13.2 Å². The first-order valence-electron chi connectivity index (χ1n) is 7.54. The minimum atomic E-state index is -2.46. The van der Waals surface area contributed by atoms with Gasteiger partial charge in [-0.05, 0) is 48.0 Å². The number of hydrogen-bond acceptors (Lipinski definition) is 4. The molecule has 0 fully saturated rings. The fourth-order valence-corrected chi connectivity index (χ4v) is 2.74. The molecule has 0 saturated heterocycles. The van der Waals surface area contributed by atoms with Crippen molar-refractivity contribution < 1.29 is 23.0 Å². The summed E-state index contributed by atoms with van der Waals surface area (Å²) in [5, 5.41) is 2.68. The minimum absolute atomic E-state index is 0.316. The molecule has 25 heavy (non-hydrogen) atoms. The van der Waals surface area contributed by atoms with E-state index in [0.717, 1.165) is 5.56 Å². The Morgan fingerprint density at radius 3 is 2.52 bits per heavy atom. The van der Waals surface area contributed by atoms with Crippen molar-refractivity contribution in [2.75, 3.05) is 18.5 Å². The molecule has 0 aromatic heterocycles. The molecule has 1 aliphatic heterocycles. The molecule has 1 heterocycles. The summed E-state index contributed by atoms with van der Waals surface area (Å²) in [6, 6.07) is 11.7. The lowest BCUT2D eigenvalue weighted by atomic mass is 10.2. The smallest absolute Gasteiger partial charge is 0.288 e. The molecule has 1 N–H and O–H groups in total. The number of halogens is 2. The monoisotopic (exact) mass is 363 g/mol. The van der Waals surface area contributed by atoms with Crippen LogP contribution in [0.5, 0.6) is 11.5 Å². The number of benzene rings is 2. The van der Waals surface area contributed by atoms with Gasteiger partial charge in [0.25, 0.3) is 5.76 Å². The van der Waals surface area contributed by atoms with E-state index in [1.807, 2.05) is 6.07 Å². The Bertz CT molecular complexity index is 778. The Hall–Kier alpha value is -2.54. The molecule has 0 saturated carbocycles. The van der Waals surface area contributed by atoms with Gasteiger partial charge in [-0.1, -0.05) is 17.8 Å². The van der Waals surface area contributed by atoms with Gasteiger partial charge in [-0.25, -0.2) is 0 Å². The summed E-state index contributed by atoms with van der Waals surface area (Å²) in [4.78, 5) is 12.4. The van der Waals surface area contributed by atoms with Crippen molar-refractivity contribution in [2.24, 2.45) is 0 Å². The van der Waals surface area contributed by atoms with Gasteiger partial charge in [0.15, 0.2) is 11.5 Å². The Morgan fingerprint density at radius 2 is 1.80 bits per heavy atom. The van der Waals surface area contributed by atoms with Crippen LogP contribution in [0.2, 0.25) is 0 Å². The first-order valence-corrected chi connectivity index (χ1v) is 8.42. The van der Waals surface area contributed by atoms with Crippen LogP contribution in [0, 0.1) is 0 Å². The molecule has 0 radical (unpaired) electrons. The molecule has 0 unspecified atom stereocenters. The summed E-state index contributed by atoms with van der Waals surface area (Å²) in [6.45, 7) is 1.03. The van der Waals surface area contributed by atoms with Gasteiger partial charge in [0.05, 0.1) is 0 Å². The Labute approximate surface area is 147 Å². The molecule has 2 aromatic rings. The third-order valence-corrected chi connectivity index (χ3v) is 4.06. The zero-order valence-corrected chi connectivity index (χ0v) is 13.9. The summed E-state index contributed by atoms with van der Waals surface area (Å²) in [5.74, 6) is -1.44. The van der Waals surface area contributed by atoms with Gasteiger partial charge in [0, 0.05) is 16.7 Å². The van der Waals surface area contributed by atoms with Crippen LogP contribution in [0.25, 0.3) is 6.08 Å². The van der Waals surface area contributed by atoms with E-state index < -0.39 is 5.76 Å². The quantitative estimate of drug-likeness (QED) is 0.631. The number of nitrogens with one attached hydrogen (secondary N) is 1. The number of thioether (sulfide) groups is 1. The van der Waals surface area contributed by atoms with E-state index in [1.165, 1.54) is 18.2 Å². The van der Waals surface area contributed by atoms with E-state index in [4.69, 9.17) is 9.47 Å². The van der Waals surface area contributed by atoms with Crippen molar-refractivity contribution >= 4 is 29.4 Å². The summed E-state index contributed by atoms with van der Waals surface area (Å²) in [6.07, 6.45) is 3.06. The lowest BCUT2D eigenvalue weighted by Crippen LogP contribution is -2.15. The first kappa shape index (κ1) is 17.3. The van der Waals surface area contributed by atoms with Crippen molar-refractivity contribution in [3.05, 3.63) is 54.1 Å². The average Bonchev–Trinajstić information content (AvgIpc) is 2.61. The number of alkyl halides is 2. The predicted octanol–water partition coefficient (Wildman–Crippen LogP) is 4.42. The number of carbonyl (C=O) groups is 1. The Morgan fingerprint density at radius 1 is 1.08 bits per heavy atom. The lowest BCUT2D eigenvalue weighted by molar-refractivity contribution is -0.111. The highest BCUT2D eigenvalue weighted by molar-refractivity contribution is 7.99. The second-order valence-electron chi connectivity index (χ2n) is 5.13. The van der Waals surface area contributed by atoms with Crippen molar-refractivity contribution in [1.29, 1.82) is 0 Å². The maximum Gasteiger partial charge on any atom is 0.288 e. The molecular formula is C18H15F2NO3S. The van der Waals surface area contributed by atoms with Gasteiger partial charge in [-0.15, -0.1) is 0 Å². The average molecular weight is 363 g/mol. The predicted molar refractivity (Wildman–Crippen MR) is 93.4 cm³/mol. The molecule has 0 spiro atoms. The molecule has 2 aromatic carbocycles. The van der Waals surface area contributed by atoms with E-state index in [0.29, 0.717) is 47.1 Å². The zero-order chi connectivity index (χ0) is 17.6. The summed E-state index contributed by atoms with van der Waals surface area (Å²) in [5.41, 5.74) is 1.35. The van der Waals surface area contributed by atoms with Gasteiger partial charge < -0.3 is 14.8 Å². The van der Waals surface area contributed by atoms with E-state index in [9.17, 15) is 13.6 Å². The van der Waals surface area contributed by atoms with E-state index >= 15 is 0 Å². The number of amides is 1. The van der Waals surface area contributed by atoms with Crippen molar-refractivity contribution in [1.82, 2.24) is 0 Å². The first-order chi connectivity index (χ1) is 12.1. The topological polar surface area (TPSA) is 47.6 Å². The van der Waals surface area contributed by atoms with Gasteiger partial charge in [0.2, 0.25) is 5.91 Å². The van der Waals surface area contributed by atoms with Crippen molar-refractivity contribution in [3.63, 3.8) is 0 Å². The summed E-state index contributed by atoms with van der Waals surface area (Å²) >= 11 is 0.463. The second-order valence-corrected chi connectivity index (χ2v) is 6.19. The molecule has 1 aliphatic rings. The SMILES string of the molecule is O=C(C=Cc1ccc2c(c1)OCCO2)Nc1ccc(SC(F)F)cc1. The highest BCUT2D eigenvalue weighted by Gasteiger charge is 2.11. The Balaban J connectivity index is 1.59. The van der Waals surface area contributed by atoms with Crippen LogP contribution in [0.15, 0.2) is 53.4 Å². The van der Waals surface area contributed by atoms with Crippen LogP contribution in [0.1, 0.15) is 5.56 Å². The molecule has 3 rings (SSSR count). The van der Waals surface area contributed by atoms with Crippen LogP contribution in [-0.2, 0) is 4.79 Å². The van der Waals surface area contributed by atoms with Gasteiger partial charge >= 0.3 is 0 Å². The fourth-order valence-electron chi connectivity index (χ4n) is 2.24. The molecular weight excluding hydrogens is 348 g/mol. The largest absolute Gasteiger partial charge is 0.486 e. The molecule has 0 aliphatic carbocycles. The van der Waals surface area contributed by atoms with Crippen molar-refractivity contribution in [3.8, 4) is 11.5 Å². The van der Waals surface area contributed by atoms with Crippen LogP contribution < -0.4 is 14.8 Å². The van der Waals surface area contributed by atoms with Crippen LogP contribution in [0.3, 0.4) is 0 Å². The number of fused-ring (bicyclic) bond motifs is 1.